The van der Waals surface area contributed by atoms with E-state index < -0.39 is 0 Å². The molecule has 0 atom stereocenters. The highest BCUT2D eigenvalue weighted by molar-refractivity contribution is 7.80. The van der Waals surface area contributed by atoms with Crippen LogP contribution >= 0.6 is 12.6 Å². The summed E-state index contributed by atoms with van der Waals surface area (Å²) in [6, 6.07) is 5.97. The van der Waals surface area contributed by atoms with Gasteiger partial charge in [0.2, 0.25) is 5.82 Å². The van der Waals surface area contributed by atoms with Gasteiger partial charge in [0.15, 0.2) is 0 Å². The fourth-order valence-electron chi connectivity index (χ4n) is 1.66. The van der Waals surface area contributed by atoms with Crippen molar-refractivity contribution in [2.75, 3.05) is 0 Å². The summed E-state index contributed by atoms with van der Waals surface area (Å²) < 4.78 is 14.5. The lowest BCUT2D eigenvalue weighted by atomic mass is 10.3. The van der Waals surface area contributed by atoms with Gasteiger partial charge in [0.05, 0.1) is 24.5 Å². The van der Waals surface area contributed by atoms with Gasteiger partial charge < -0.3 is 0 Å². The molecule has 0 bridgehead atoms. The molecule has 0 saturated heterocycles. The molecule has 2 heterocycles. The Morgan fingerprint density at radius 1 is 1.21 bits per heavy atom. The highest BCUT2D eigenvalue weighted by atomic mass is 32.1. The van der Waals surface area contributed by atoms with Crippen molar-refractivity contribution in [3.8, 4) is 17.1 Å². The standard InChI is InChI=1S/C11H9FN6S/c1-17-15-10(14-16-17)9-6-13-18(11(9)19)8-4-2-7(12)3-5-8/h2-6,19H,1H3. The van der Waals surface area contributed by atoms with Crippen molar-refractivity contribution in [2.45, 2.75) is 5.03 Å². The van der Waals surface area contributed by atoms with Crippen LogP contribution in [0, 0.1) is 5.82 Å². The Morgan fingerprint density at radius 2 is 1.95 bits per heavy atom. The second kappa shape index (κ2) is 4.47. The number of tetrazole rings is 1. The summed E-state index contributed by atoms with van der Waals surface area (Å²) in [7, 11) is 1.68. The Kier molecular flexibility index (Phi) is 2.79. The molecule has 0 spiro atoms. The molecule has 2 aromatic heterocycles. The first-order valence-electron chi connectivity index (χ1n) is 5.42. The van der Waals surface area contributed by atoms with Crippen LogP contribution in [0.4, 0.5) is 4.39 Å². The van der Waals surface area contributed by atoms with Crippen LogP contribution in [-0.2, 0) is 7.05 Å². The predicted octanol–water partition coefficient (Wildman–Crippen LogP) is 1.49. The monoisotopic (exact) mass is 276 g/mol. The van der Waals surface area contributed by atoms with Crippen molar-refractivity contribution in [2.24, 2.45) is 7.05 Å². The largest absolute Gasteiger partial charge is 0.227 e. The molecule has 19 heavy (non-hydrogen) atoms. The highest BCUT2D eigenvalue weighted by Gasteiger charge is 2.14. The van der Waals surface area contributed by atoms with Crippen LogP contribution in [0.15, 0.2) is 35.5 Å². The molecule has 8 heteroatoms. The number of nitrogens with zero attached hydrogens (tertiary/aromatic N) is 6. The maximum absolute atomic E-state index is 12.9. The van der Waals surface area contributed by atoms with E-state index >= 15 is 0 Å². The topological polar surface area (TPSA) is 61.4 Å². The van der Waals surface area contributed by atoms with Crippen molar-refractivity contribution in [1.82, 2.24) is 30.0 Å². The van der Waals surface area contributed by atoms with Crippen LogP contribution in [0.2, 0.25) is 0 Å². The Hall–Kier alpha value is -2.22. The van der Waals surface area contributed by atoms with Gasteiger partial charge in [-0.1, -0.05) is 0 Å². The van der Waals surface area contributed by atoms with Crippen LogP contribution in [0.3, 0.4) is 0 Å². The van der Waals surface area contributed by atoms with E-state index in [9.17, 15) is 4.39 Å². The van der Waals surface area contributed by atoms with E-state index in [-0.39, 0.29) is 5.82 Å². The zero-order valence-electron chi connectivity index (χ0n) is 9.90. The zero-order valence-corrected chi connectivity index (χ0v) is 10.8. The average molecular weight is 276 g/mol. The SMILES string of the molecule is Cn1nnc(-c2cnn(-c3ccc(F)cc3)c2S)n1. The smallest absolute Gasteiger partial charge is 0.209 e. The summed E-state index contributed by atoms with van der Waals surface area (Å²) in [5, 5.41) is 16.5. The molecule has 0 aliphatic rings. The van der Waals surface area contributed by atoms with Crippen molar-refractivity contribution < 1.29 is 4.39 Å². The lowest BCUT2D eigenvalue weighted by Crippen LogP contribution is -1.97. The van der Waals surface area contributed by atoms with E-state index in [1.54, 1.807) is 30.1 Å². The molecule has 0 saturated carbocycles. The molecule has 0 amide bonds. The van der Waals surface area contributed by atoms with E-state index in [0.29, 0.717) is 22.1 Å². The van der Waals surface area contributed by atoms with E-state index in [1.807, 2.05) is 0 Å². The third kappa shape index (κ3) is 2.10. The van der Waals surface area contributed by atoms with Gasteiger partial charge in [0, 0.05) is 0 Å². The minimum absolute atomic E-state index is 0.299. The number of hydrogen-bond donors (Lipinski definition) is 1. The molecule has 0 radical (unpaired) electrons. The number of hydrogen-bond acceptors (Lipinski definition) is 5. The summed E-state index contributed by atoms with van der Waals surface area (Å²) in [6.07, 6.45) is 1.60. The normalized spacial score (nSPS) is 10.9. The first-order chi connectivity index (χ1) is 9.15. The Bertz CT molecular complexity index is 717. The number of thiol groups is 1. The van der Waals surface area contributed by atoms with Crippen molar-refractivity contribution in [1.29, 1.82) is 0 Å². The zero-order chi connectivity index (χ0) is 13.4. The number of aryl methyl sites for hydroxylation is 1. The summed E-state index contributed by atoms with van der Waals surface area (Å²) in [6.45, 7) is 0. The molecular weight excluding hydrogens is 267 g/mol. The molecule has 1 aromatic carbocycles. The summed E-state index contributed by atoms with van der Waals surface area (Å²) in [4.78, 5) is 1.36. The highest BCUT2D eigenvalue weighted by Crippen LogP contribution is 2.25. The fourth-order valence-corrected chi connectivity index (χ4v) is 1.99. The van der Waals surface area contributed by atoms with Crippen molar-refractivity contribution in [3.63, 3.8) is 0 Å². The number of aromatic nitrogens is 6. The average Bonchev–Trinajstić information content (AvgIpc) is 2.97. The Labute approximate surface area is 113 Å². The number of benzene rings is 1. The predicted molar refractivity (Wildman–Crippen MR) is 68.6 cm³/mol. The quantitative estimate of drug-likeness (QED) is 0.720. The van der Waals surface area contributed by atoms with Gasteiger partial charge in [-0.25, -0.2) is 9.07 Å². The van der Waals surface area contributed by atoms with Gasteiger partial charge in [-0.3, -0.25) is 0 Å². The van der Waals surface area contributed by atoms with Crippen LogP contribution in [0.25, 0.3) is 17.1 Å². The second-order valence-corrected chi connectivity index (χ2v) is 4.30. The minimum atomic E-state index is -0.299. The molecule has 3 aromatic rings. The lowest BCUT2D eigenvalue weighted by molar-refractivity contribution is 0.626. The summed E-state index contributed by atoms with van der Waals surface area (Å²) in [5.41, 5.74) is 1.38. The number of halogens is 1. The van der Waals surface area contributed by atoms with Crippen LogP contribution < -0.4 is 0 Å². The van der Waals surface area contributed by atoms with E-state index in [4.69, 9.17) is 0 Å². The van der Waals surface area contributed by atoms with Crippen molar-refractivity contribution >= 4 is 12.6 Å². The molecule has 3 rings (SSSR count). The minimum Gasteiger partial charge on any atom is -0.227 e. The van der Waals surface area contributed by atoms with Gasteiger partial charge in [0.25, 0.3) is 0 Å². The van der Waals surface area contributed by atoms with Crippen LogP contribution in [0.1, 0.15) is 0 Å². The summed E-state index contributed by atoms with van der Waals surface area (Å²) in [5.74, 6) is 0.147. The molecule has 0 N–H and O–H groups in total. The molecular formula is C11H9FN6S. The first-order valence-corrected chi connectivity index (χ1v) is 5.87. The number of rotatable bonds is 2. The van der Waals surface area contributed by atoms with E-state index in [1.165, 1.54) is 16.9 Å². The van der Waals surface area contributed by atoms with Gasteiger partial charge in [-0.15, -0.1) is 22.8 Å². The van der Waals surface area contributed by atoms with Gasteiger partial charge in [-0.2, -0.15) is 9.90 Å². The van der Waals surface area contributed by atoms with E-state index in [0.717, 1.165) is 0 Å². The van der Waals surface area contributed by atoms with Gasteiger partial charge in [-0.05, 0) is 29.5 Å². The maximum atomic E-state index is 12.9. The Morgan fingerprint density at radius 3 is 2.58 bits per heavy atom. The first kappa shape index (κ1) is 11.8. The van der Waals surface area contributed by atoms with E-state index in [2.05, 4.69) is 33.1 Å². The molecule has 0 aliphatic carbocycles. The van der Waals surface area contributed by atoms with Crippen LogP contribution in [-0.4, -0.2) is 30.0 Å². The second-order valence-electron chi connectivity index (χ2n) is 3.87. The summed E-state index contributed by atoms with van der Waals surface area (Å²) >= 11 is 4.41. The molecule has 6 nitrogen and oxygen atoms in total. The molecule has 0 unspecified atom stereocenters. The van der Waals surface area contributed by atoms with Gasteiger partial charge >= 0.3 is 0 Å². The maximum Gasteiger partial charge on any atom is 0.209 e. The molecule has 0 aliphatic heterocycles. The third-order valence-corrected chi connectivity index (χ3v) is 2.99. The fraction of sp³-hybridized carbons (Fsp3) is 0.0909. The lowest BCUT2D eigenvalue weighted by Gasteiger charge is -2.03. The molecule has 0 fully saturated rings. The Balaban J connectivity index is 2.06. The van der Waals surface area contributed by atoms with Gasteiger partial charge in [0.1, 0.15) is 10.8 Å². The van der Waals surface area contributed by atoms with Crippen molar-refractivity contribution in [3.05, 3.63) is 36.3 Å². The van der Waals surface area contributed by atoms with Crippen LogP contribution in [0.5, 0.6) is 0 Å². The third-order valence-electron chi connectivity index (χ3n) is 2.56. The molecule has 96 valence electrons.